The maximum Gasteiger partial charge on any atom is 0.0787 e. The molecule has 1 fully saturated rings. The average Bonchev–Trinajstić information content (AvgIpc) is 2.69. The van der Waals surface area contributed by atoms with Gasteiger partial charge in [0.15, 0.2) is 0 Å². The van der Waals surface area contributed by atoms with Gasteiger partial charge in [0.25, 0.3) is 0 Å². The number of nitrogens with zero attached hydrogens (tertiary/aromatic N) is 2. The first-order valence-electron chi connectivity index (χ1n) is 4.89. The van der Waals surface area contributed by atoms with E-state index in [-0.39, 0.29) is 5.54 Å². The molecule has 1 N–H and O–H groups in total. The van der Waals surface area contributed by atoms with Gasteiger partial charge in [0.05, 0.1) is 17.4 Å². The molecule has 1 saturated heterocycles. The molecule has 70 valence electrons. The van der Waals surface area contributed by atoms with Crippen LogP contribution in [0.5, 0.6) is 0 Å². The Morgan fingerprint density at radius 2 is 2.46 bits per heavy atom. The van der Waals surface area contributed by atoms with Gasteiger partial charge in [-0.25, -0.2) is 0 Å². The van der Waals surface area contributed by atoms with Gasteiger partial charge >= 0.3 is 0 Å². The highest BCUT2D eigenvalue weighted by molar-refractivity contribution is 5.13. The summed E-state index contributed by atoms with van der Waals surface area (Å²) >= 11 is 0. The molecule has 13 heavy (non-hydrogen) atoms. The first-order valence-corrected chi connectivity index (χ1v) is 4.89. The molecule has 1 aliphatic rings. The highest BCUT2D eigenvalue weighted by Gasteiger charge is 2.34. The van der Waals surface area contributed by atoms with E-state index in [4.69, 9.17) is 0 Å². The van der Waals surface area contributed by atoms with Crippen molar-refractivity contribution in [1.82, 2.24) is 15.3 Å². The van der Waals surface area contributed by atoms with Crippen LogP contribution in [0.25, 0.3) is 0 Å². The Kier molecular flexibility index (Phi) is 2.27. The van der Waals surface area contributed by atoms with Gasteiger partial charge in [0.2, 0.25) is 0 Å². The van der Waals surface area contributed by atoms with Crippen molar-refractivity contribution in [3.63, 3.8) is 0 Å². The van der Waals surface area contributed by atoms with E-state index >= 15 is 0 Å². The van der Waals surface area contributed by atoms with Crippen LogP contribution in [0, 0.1) is 0 Å². The second-order valence-electron chi connectivity index (χ2n) is 3.56. The summed E-state index contributed by atoms with van der Waals surface area (Å²) in [6, 6.07) is 0. The highest BCUT2D eigenvalue weighted by atomic mass is 15.0. The van der Waals surface area contributed by atoms with Crippen molar-refractivity contribution in [2.75, 3.05) is 6.54 Å². The Morgan fingerprint density at radius 3 is 3.00 bits per heavy atom. The monoisotopic (exact) mass is 177 g/mol. The standard InChI is InChI=1S/C10H15N3/c1-2-10(4-3-5-13-10)9-8-11-6-7-12-9/h6-8,13H,2-5H2,1H3. The predicted molar refractivity (Wildman–Crippen MR) is 51.2 cm³/mol. The van der Waals surface area contributed by atoms with Crippen LogP contribution >= 0.6 is 0 Å². The van der Waals surface area contributed by atoms with Crippen LogP contribution in [0.2, 0.25) is 0 Å². The minimum atomic E-state index is 0.105. The Bertz CT molecular complexity index is 265. The number of rotatable bonds is 2. The van der Waals surface area contributed by atoms with Gasteiger partial charge in [-0.15, -0.1) is 0 Å². The SMILES string of the molecule is CCC1(c2cnccn2)CCCN1. The van der Waals surface area contributed by atoms with Gasteiger partial charge < -0.3 is 5.32 Å². The van der Waals surface area contributed by atoms with Gasteiger partial charge in [-0.2, -0.15) is 0 Å². The summed E-state index contributed by atoms with van der Waals surface area (Å²) in [7, 11) is 0. The van der Waals surface area contributed by atoms with E-state index in [9.17, 15) is 0 Å². The zero-order valence-corrected chi connectivity index (χ0v) is 7.95. The lowest BCUT2D eigenvalue weighted by atomic mass is 9.91. The number of hydrogen-bond donors (Lipinski definition) is 1. The third kappa shape index (κ3) is 1.44. The predicted octanol–water partition coefficient (Wildman–Crippen LogP) is 1.47. The first-order chi connectivity index (χ1) is 6.37. The molecule has 2 heterocycles. The van der Waals surface area contributed by atoms with E-state index in [1.54, 1.807) is 12.4 Å². The molecule has 3 nitrogen and oxygen atoms in total. The van der Waals surface area contributed by atoms with Crippen LogP contribution in [0.4, 0.5) is 0 Å². The molecular weight excluding hydrogens is 162 g/mol. The quantitative estimate of drug-likeness (QED) is 0.743. The summed E-state index contributed by atoms with van der Waals surface area (Å²) in [6.07, 6.45) is 8.88. The van der Waals surface area contributed by atoms with E-state index < -0.39 is 0 Å². The molecule has 3 heteroatoms. The number of nitrogens with one attached hydrogen (secondary N) is 1. The van der Waals surface area contributed by atoms with Gasteiger partial charge in [0.1, 0.15) is 0 Å². The second kappa shape index (κ2) is 3.42. The number of aromatic nitrogens is 2. The molecule has 1 aromatic heterocycles. The van der Waals surface area contributed by atoms with Crippen molar-refractivity contribution < 1.29 is 0 Å². The van der Waals surface area contributed by atoms with Crippen molar-refractivity contribution in [3.8, 4) is 0 Å². The fourth-order valence-electron chi connectivity index (χ4n) is 2.05. The summed E-state index contributed by atoms with van der Waals surface area (Å²) in [4.78, 5) is 8.50. The Hall–Kier alpha value is -0.960. The van der Waals surface area contributed by atoms with Gasteiger partial charge in [-0.05, 0) is 25.8 Å². The molecule has 0 spiro atoms. The molecule has 2 rings (SSSR count). The summed E-state index contributed by atoms with van der Waals surface area (Å²) in [5.41, 5.74) is 1.20. The molecule has 0 aromatic carbocycles. The molecular formula is C10H15N3. The van der Waals surface area contributed by atoms with E-state index in [1.807, 2.05) is 6.20 Å². The fraction of sp³-hybridized carbons (Fsp3) is 0.600. The minimum Gasteiger partial charge on any atom is -0.306 e. The maximum atomic E-state index is 4.38. The third-order valence-electron chi connectivity index (χ3n) is 2.90. The van der Waals surface area contributed by atoms with Crippen molar-refractivity contribution in [2.24, 2.45) is 0 Å². The largest absolute Gasteiger partial charge is 0.306 e. The fourth-order valence-corrected chi connectivity index (χ4v) is 2.05. The first kappa shape index (κ1) is 8.63. The van der Waals surface area contributed by atoms with Crippen molar-refractivity contribution in [3.05, 3.63) is 24.3 Å². The zero-order chi connectivity index (χ0) is 9.15. The van der Waals surface area contributed by atoms with Gasteiger partial charge in [-0.3, -0.25) is 9.97 Å². The second-order valence-corrected chi connectivity index (χ2v) is 3.56. The third-order valence-corrected chi connectivity index (χ3v) is 2.90. The normalized spacial score (nSPS) is 27.8. The summed E-state index contributed by atoms with van der Waals surface area (Å²) in [5, 5.41) is 3.53. The van der Waals surface area contributed by atoms with Crippen LogP contribution < -0.4 is 5.32 Å². The lowest BCUT2D eigenvalue weighted by Gasteiger charge is -2.26. The Morgan fingerprint density at radius 1 is 1.54 bits per heavy atom. The lowest BCUT2D eigenvalue weighted by Crippen LogP contribution is -2.36. The molecule has 1 aromatic rings. The highest BCUT2D eigenvalue weighted by Crippen LogP contribution is 2.31. The topological polar surface area (TPSA) is 37.8 Å². The van der Waals surface area contributed by atoms with Crippen LogP contribution in [-0.4, -0.2) is 16.5 Å². The van der Waals surface area contributed by atoms with Crippen LogP contribution in [0.15, 0.2) is 18.6 Å². The van der Waals surface area contributed by atoms with Gasteiger partial charge in [0, 0.05) is 12.4 Å². The Balaban J connectivity index is 2.31. The summed E-state index contributed by atoms with van der Waals surface area (Å²) < 4.78 is 0. The zero-order valence-electron chi connectivity index (χ0n) is 7.95. The molecule has 0 amide bonds. The van der Waals surface area contributed by atoms with E-state index in [0.29, 0.717) is 0 Å². The number of hydrogen-bond acceptors (Lipinski definition) is 3. The Labute approximate surface area is 78.6 Å². The molecule has 0 aliphatic carbocycles. The molecule has 0 radical (unpaired) electrons. The van der Waals surface area contributed by atoms with Crippen molar-refractivity contribution >= 4 is 0 Å². The van der Waals surface area contributed by atoms with Crippen molar-refractivity contribution in [1.29, 1.82) is 0 Å². The van der Waals surface area contributed by atoms with E-state index in [1.165, 1.54) is 12.8 Å². The van der Waals surface area contributed by atoms with Crippen LogP contribution in [0.1, 0.15) is 31.9 Å². The van der Waals surface area contributed by atoms with E-state index in [0.717, 1.165) is 18.7 Å². The van der Waals surface area contributed by atoms with Crippen LogP contribution in [-0.2, 0) is 5.54 Å². The van der Waals surface area contributed by atoms with E-state index in [2.05, 4.69) is 22.2 Å². The minimum absolute atomic E-state index is 0.105. The van der Waals surface area contributed by atoms with Crippen LogP contribution in [0.3, 0.4) is 0 Å². The molecule has 1 atom stereocenters. The summed E-state index contributed by atoms with van der Waals surface area (Å²) in [5.74, 6) is 0. The lowest BCUT2D eigenvalue weighted by molar-refractivity contribution is 0.363. The summed E-state index contributed by atoms with van der Waals surface area (Å²) in [6.45, 7) is 3.30. The smallest absolute Gasteiger partial charge is 0.0787 e. The van der Waals surface area contributed by atoms with Crippen molar-refractivity contribution in [2.45, 2.75) is 31.7 Å². The molecule has 1 unspecified atom stereocenters. The molecule has 0 bridgehead atoms. The average molecular weight is 177 g/mol. The maximum absolute atomic E-state index is 4.38. The molecule has 0 saturated carbocycles. The van der Waals surface area contributed by atoms with Gasteiger partial charge in [-0.1, -0.05) is 6.92 Å². The molecule has 1 aliphatic heterocycles.